The Morgan fingerprint density at radius 1 is 1.16 bits per heavy atom. The monoisotopic (exact) mass is 459 g/mol. The Labute approximate surface area is 184 Å². The second-order valence-corrected chi connectivity index (χ2v) is 9.95. The first-order valence-corrected chi connectivity index (χ1v) is 12.1. The molecule has 31 heavy (non-hydrogen) atoms. The van der Waals surface area contributed by atoms with Gasteiger partial charge in [-0.1, -0.05) is 12.1 Å². The quantitative estimate of drug-likeness (QED) is 0.321. The fraction of sp³-hybridized carbons (Fsp3) is 0.300. The third kappa shape index (κ3) is 4.34. The number of aromatic nitrogens is 2. The second kappa shape index (κ2) is 8.77. The molecule has 0 aliphatic carbocycles. The van der Waals surface area contributed by atoms with Crippen LogP contribution in [0, 0.1) is 10.1 Å². The maximum atomic E-state index is 12.8. The lowest BCUT2D eigenvalue weighted by molar-refractivity contribution is -0.388. The fourth-order valence-electron chi connectivity index (χ4n) is 3.47. The molecule has 1 N–H and O–H groups in total. The van der Waals surface area contributed by atoms with Crippen LogP contribution in [0.25, 0.3) is 10.9 Å². The van der Waals surface area contributed by atoms with Gasteiger partial charge in [0.1, 0.15) is 5.82 Å². The topological polar surface area (TPSA) is 118 Å². The van der Waals surface area contributed by atoms with E-state index in [4.69, 9.17) is 0 Å². The predicted octanol–water partition coefficient (Wildman–Crippen LogP) is 3.91. The Morgan fingerprint density at radius 3 is 2.61 bits per heavy atom. The molecule has 1 aliphatic heterocycles. The highest BCUT2D eigenvalue weighted by atomic mass is 32.2. The Bertz CT molecular complexity index is 1240. The first-order chi connectivity index (χ1) is 14.9. The van der Waals surface area contributed by atoms with Crippen LogP contribution in [-0.2, 0) is 10.0 Å². The molecule has 0 spiro atoms. The largest absolute Gasteiger partial charge is 0.370 e. The SMILES string of the molecule is CCNc1nc(Sc2ccc(S(=O)(=O)N3CCCC3)cc2[N+](=O)[O-])nc2ccccc12. The second-order valence-electron chi connectivity index (χ2n) is 7.00. The third-order valence-corrected chi connectivity index (χ3v) is 7.78. The summed E-state index contributed by atoms with van der Waals surface area (Å²) in [5.41, 5.74) is 0.430. The molecule has 2 aromatic carbocycles. The number of sulfonamides is 1. The lowest BCUT2D eigenvalue weighted by Crippen LogP contribution is -2.27. The van der Waals surface area contributed by atoms with Gasteiger partial charge in [-0.15, -0.1) is 0 Å². The van der Waals surface area contributed by atoms with Gasteiger partial charge in [-0.25, -0.2) is 18.4 Å². The number of fused-ring (bicyclic) bond motifs is 1. The van der Waals surface area contributed by atoms with E-state index in [0.29, 0.717) is 36.1 Å². The number of rotatable bonds is 7. The molecule has 2 heterocycles. The molecule has 4 rings (SSSR count). The van der Waals surface area contributed by atoms with E-state index >= 15 is 0 Å². The molecule has 1 saturated heterocycles. The number of para-hydroxylation sites is 1. The highest BCUT2D eigenvalue weighted by Crippen LogP contribution is 2.37. The molecule has 0 saturated carbocycles. The van der Waals surface area contributed by atoms with Crippen LogP contribution >= 0.6 is 11.8 Å². The standard InChI is InChI=1S/C20H21N5O4S2/c1-2-21-19-15-7-3-4-8-16(15)22-20(23-19)30-18-10-9-14(13-17(18)25(26)27)31(28,29)24-11-5-6-12-24/h3-4,7-10,13H,2,5-6,11-12H2,1H3,(H,21,22,23). The average molecular weight is 460 g/mol. The molecule has 1 aromatic heterocycles. The summed E-state index contributed by atoms with van der Waals surface area (Å²) in [6, 6.07) is 11.5. The number of anilines is 1. The zero-order valence-electron chi connectivity index (χ0n) is 16.8. The van der Waals surface area contributed by atoms with Crippen molar-refractivity contribution in [2.24, 2.45) is 0 Å². The molecule has 1 fully saturated rings. The van der Waals surface area contributed by atoms with E-state index in [0.717, 1.165) is 36.1 Å². The minimum Gasteiger partial charge on any atom is -0.370 e. The Morgan fingerprint density at radius 2 is 1.90 bits per heavy atom. The summed E-state index contributed by atoms with van der Waals surface area (Å²) >= 11 is 1.04. The van der Waals surface area contributed by atoms with E-state index in [1.807, 2.05) is 31.2 Å². The van der Waals surface area contributed by atoms with E-state index in [1.165, 1.54) is 16.4 Å². The molecule has 0 unspecified atom stereocenters. The number of hydrogen-bond donors (Lipinski definition) is 1. The van der Waals surface area contributed by atoms with Gasteiger partial charge in [0.25, 0.3) is 5.69 Å². The van der Waals surface area contributed by atoms with E-state index in [2.05, 4.69) is 15.3 Å². The maximum absolute atomic E-state index is 12.8. The summed E-state index contributed by atoms with van der Waals surface area (Å²) in [5.74, 6) is 0.645. The summed E-state index contributed by atoms with van der Waals surface area (Å²) in [6.45, 7) is 3.48. The maximum Gasteiger partial charge on any atom is 0.284 e. The van der Waals surface area contributed by atoms with Crippen molar-refractivity contribution in [3.8, 4) is 0 Å². The minimum absolute atomic E-state index is 0.0711. The lowest BCUT2D eigenvalue weighted by Gasteiger charge is -2.15. The van der Waals surface area contributed by atoms with Crippen molar-refractivity contribution in [3.63, 3.8) is 0 Å². The first-order valence-electron chi connectivity index (χ1n) is 9.87. The highest BCUT2D eigenvalue weighted by Gasteiger charge is 2.29. The summed E-state index contributed by atoms with van der Waals surface area (Å²) in [7, 11) is -3.75. The number of nitrogens with zero attached hydrogens (tertiary/aromatic N) is 4. The van der Waals surface area contributed by atoms with Crippen LogP contribution in [0.15, 0.2) is 57.4 Å². The van der Waals surface area contributed by atoms with Crippen molar-refractivity contribution in [3.05, 3.63) is 52.6 Å². The van der Waals surface area contributed by atoms with Gasteiger partial charge in [0.2, 0.25) is 10.0 Å². The van der Waals surface area contributed by atoms with Gasteiger partial charge in [0.15, 0.2) is 5.16 Å². The van der Waals surface area contributed by atoms with E-state index in [9.17, 15) is 18.5 Å². The van der Waals surface area contributed by atoms with Crippen LogP contribution < -0.4 is 5.32 Å². The molecule has 0 atom stereocenters. The zero-order valence-corrected chi connectivity index (χ0v) is 18.4. The van der Waals surface area contributed by atoms with E-state index in [-0.39, 0.29) is 15.5 Å². The molecular weight excluding hydrogens is 438 g/mol. The molecule has 0 radical (unpaired) electrons. The molecular formula is C20H21N5O4S2. The Kier molecular flexibility index (Phi) is 6.08. The van der Waals surface area contributed by atoms with Gasteiger partial charge in [0.05, 0.1) is 20.2 Å². The Balaban J connectivity index is 1.72. The molecule has 0 bridgehead atoms. The van der Waals surface area contributed by atoms with Crippen LogP contribution in [0.4, 0.5) is 11.5 Å². The fourth-order valence-corrected chi connectivity index (χ4v) is 5.86. The summed E-state index contributed by atoms with van der Waals surface area (Å²) in [6.07, 6.45) is 1.59. The van der Waals surface area contributed by atoms with Crippen molar-refractivity contribution in [2.75, 3.05) is 25.0 Å². The van der Waals surface area contributed by atoms with Crippen molar-refractivity contribution in [1.82, 2.24) is 14.3 Å². The van der Waals surface area contributed by atoms with Gasteiger partial charge in [-0.2, -0.15) is 4.31 Å². The normalized spacial score (nSPS) is 14.7. The minimum atomic E-state index is -3.75. The molecule has 9 nitrogen and oxygen atoms in total. The van der Waals surface area contributed by atoms with Crippen LogP contribution in [-0.4, -0.2) is 47.2 Å². The molecule has 162 valence electrons. The lowest BCUT2D eigenvalue weighted by atomic mass is 10.2. The van der Waals surface area contributed by atoms with E-state index in [1.54, 1.807) is 0 Å². The van der Waals surface area contributed by atoms with Gasteiger partial charge >= 0.3 is 0 Å². The van der Waals surface area contributed by atoms with Crippen LogP contribution in [0.1, 0.15) is 19.8 Å². The number of nitro benzene ring substituents is 1. The van der Waals surface area contributed by atoms with Gasteiger partial charge < -0.3 is 5.32 Å². The van der Waals surface area contributed by atoms with Gasteiger partial charge in [0, 0.05) is 31.1 Å². The number of nitro groups is 1. The van der Waals surface area contributed by atoms with Crippen LogP contribution in [0.5, 0.6) is 0 Å². The number of nitrogens with one attached hydrogen (secondary N) is 1. The number of hydrogen-bond acceptors (Lipinski definition) is 8. The van der Waals surface area contributed by atoms with Crippen molar-refractivity contribution in [1.29, 1.82) is 0 Å². The molecule has 11 heteroatoms. The summed E-state index contributed by atoms with van der Waals surface area (Å²) < 4.78 is 27.0. The molecule has 0 amide bonds. The summed E-state index contributed by atoms with van der Waals surface area (Å²) in [4.78, 5) is 20.4. The number of benzene rings is 2. The van der Waals surface area contributed by atoms with Gasteiger partial charge in [-0.05, 0) is 55.8 Å². The van der Waals surface area contributed by atoms with Crippen LogP contribution in [0.3, 0.4) is 0 Å². The smallest absolute Gasteiger partial charge is 0.284 e. The first kappa shape index (κ1) is 21.5. The average Bonchev–Trinajstić information content (AvgIpc) is 3.30. The predicted molar refractivity (Wildman–Crippen MR) is 119 cm³/mol. The molecule has 3 aromatic rings. The van der Waals surface area contributed by atoms with E-state index < -0.39 is 14.9 Å². The van der Waals surface area contributed by atoms with Crippen LogP contribution in [0.2, 0.25) is 0 Å². The van der Waals surface area contributed by atoms with Crippen molar-refractivity contribution in [2.45, 2.75) is 34.7 Å². The van der Waals surface area contributed by atoms with Gasteiger partial charge in [-0.3, -0.25) is 10.1 Å². The zero-order chi connectivity index (χ0) is 22.0. The van der Waals surface area contributed by atoms with Crippen molar-refractivity contribution < 1.29 is 13.3 Å². The highest BCUT2D eigenvalue weighted by molar-refractivity contribution is 7.99. The third-order valence-electron chi connectivity index (χ3n) is 4.96. The Hall–Kier alpha value is -2.76. The summed E-state index contributed by atoms with van der Waals surface area (Å²) in [5, 5.41) is 16.1. The molecule has 1 aliphatic rings. The van der Waals surface area contributed by atoms with Crippen molar-refractivity contribution >= 4 is 44.2 Å².